The molecule has 0 bridgehead atoms. The lowest BCUT2D eigenvalue weighted by Gasteiger charge is -2.42. The summed E-state index contributed by atoms with van der Waals surface area (Å²) in [7, 11) is -4.61. The highest BCUT2D eigenvalue weighted by Crippen LogP contribution is 2.44. The summed E-state index contributed by atoms with van der Waals surface area (Å²) in [5.74, 6) is -0.0402. The largest absolute Gasteiger partial charge is 0.455 e. The van der Waals surface area contributed by atoms with Crippen LogP contribution in [0.25, 0.3) is 16.6 Å². The van der Waals surface area contributed by atoms with Crippen LogP contribution in [0.2, 0.25) is 5.02 Å². The van der Waals surface area contributed by atoms with Crippen LogP contribution in [0.15, 0.2) is 119 Å². The molecule has 5 aliphatic heterocycles. The fraction of sp³-hybridized carbons (Fsp3) is 0.471. The van der Waals surface area contributed by atoms with E-state index in [1.807, 2.05) is 30.3 Å². The Balaban J connectivity index is 0.585. The lowest BCUT2D eigenvalue weighted by molar-refractivity contribution is -0.384. The van der Waals surface area contributed by atoms with Gasteiger partial charge < -0.3 is 34.6 Å². The van der Waals surface area contributed by atoms with Crippen molar-refractivity contribution in [1.82, 2.24) is 39.6 Å². The Morgan fingerprint density at radius 3 is 2.40 bits per heavy atom. The van der Waals surface area contributed by atoms with E-state index in [4.69, 9.17) is 16.3 Å². The van der Waals surface area contributed by atoms with E-state index in [9.17, 15) is 37.7 Å². The molecule has 1 atom stereocenters. The number of nitrogens with zero attached hydrogens (tertiary/aromatic N) is 7. The number of unbranched alkanes of at least 4 members (excludes halogenated alkanes) is 4. The number of hydrogen-bond donors (Lipinski definition) is 4. The Kier molecular flexibility index (Phi) is 20.6. The Bertz CT molecular complexity index is 3890. The van der Waals surface area contributed by atoms with E-state index in [2.05, 4.69) is 77.0 Å². The van der Waals surface area contributed by atoms with Crippen molar-refractivity contribution in [2.75, 3.05) is 88.0 Å². The number of carbonyl (C=O) groups is 4. The van der Waals surface area contributed by atoms with Gasteiger partial charge in [0, 0.05) is 103 Å². The molecule has 1 aliphatic carbocycles. The molecule has 23 heteroatoms. The summed E-state index contributed by atoms with van der Waals surface area (Å²) in [5, 5.41) is 19.7. The summed E-state index contributed by atoms with van der Waals surface area (Å²) in [5.41, 5.74) is 7.19. The van der Waals surface area contributed by atoms with E-state index in [0.29, 0.717) is 55.6 Å². The monoisotopic (exact) mass is 1320 g/mol. The average Bonchev–Trinajstić information content (AvgIpc) is 1.42. The molecular formula is C70H84ClN11O9S2. The molecule has 492 valence electrons. The van der Waals surface area contributed by atoms with Gasteiger partial charge in [-0.05, 0) is 191 Å². The van der Waals surface area contributed by atoms with E-state index in [-0.39, 0.29) is 52.5 Å². The lowest BCUT2D eigenvalue weighted by atomic mass is 9.72. The molecule has 0 saturated carbocycles. The van der Waals surface area contributed by atoms with Crippen LogP contribution in [0.1, 0.15) is 136 Å². The number of thioether (sulfide) groups is 1. The quantitative estimate of drug-likeness (QED) is 0.0145. The fourth-order valence-corrected chi connectivity index (χ4v) is 16.5. The van der Waals surface area contributed by atoms with Crippen molar-refractivity contribution in [2.45, 2.75) is 132 Å². The number of piperidine rings is 3. The number of nitro benzene ring substituents is 1. The molecule has 4 N–H and O–H groups in total. The van der Waals surface area contributed by atoms with Gasteiger partial charge in [0.2, 0.25) is 11.8 Å². The van der Waals surface area contributed by atoms with Crippen LogP contribution in [0.5, 0.6) is 11.5 Å². The number of pyridine rings is 1. The molecule has 4 saturated heterocycles. The highest BCUT2D eigenvalue weighted by Gasteiger charge is 2.40. The second kappa shape index (κ2) is 29.1. The number of carbonyl (C=O) groups excluding carboxylic acids is 4. The molecule has 6 aromatic rings. The molecule has 93 heavy (non-hydrogen) atoms. The standard InChI is InChI=1S/C70H84ClN11O9S2/c1-70(2)27-21-50(58(42-70)48-11-13-51(71)14-12-48)45-78-34-36-80(37-35-78)53-15-17-57(63(40-53)91-54-39-49-22-28-72-66(49)74-44-54)67(84)76-93(89,90)55-16-18-60(62(41-55)82(87)88)73-43-47-23-32-79(33-24-47)52-25-30-77(31-26-52)29-6-4-3-5-7-38-92-64-10-8-9-56-59(64)46-81(69(56)86)61-19-20-65(83)75-68(61)85/h8-18,22,28,39-41,44,47,52,61,73H,3-7,19-21,23-27,29-38,42-43,45-46H2,1-2H3,(H,72,74)(H,76,84)(H,75,83,85). The Morgan fingerprint density at radius 2 is 1.62 bits per heavy atom. The Morgan fingerprint density at radius 1 is 0.849 bits per heavy atom. The minimum absolute atomic E-state index is 0.0393. The summed E-state index contributed by atoms with van der Waals surface area (Å²) in [6.07, 6.45) is 17.0. The number of ether oxygens (including phenoxy) is 1. The molecule has 7 heterocycles. The van der Waals surface area contributed by atoms with Crippen molar-refractivity contribution in [3.63, 3.8) is 0 Å². The highest BCUT2D eigenvalue weighted by molar-refractivity contribution is 7.99. The highest BCUT2D eigenvalue weighted by atomic mass is 35.5. The second-order valence-corrected chi connectivity index (χ2v) is 29.9. The third-order valence-electron chi connectivity index (χ3n) is 19.8. The number of nitro groups is 1. The number of amides is 4. The zero-order valence-corrected chi connectivity index (χ0v) is 55.5. The van der Waals surface area contributed by atoms with Gasteiger partial charge in [0.25, 0.3) is 27.5 Å². The minimum atomic E-state index is -4.61. The van der Waals surface area contributed by atoms with Crippen molar-refractivity contribution in [1.29, 1.82) is 0 Å². The first-order chi connectivity index (χ1) is 44.9. The van der Waals surface area contributed by atoms with Crippen molar-refractivity contribution in [3.05, 3.63) is 146 Å². The molecule has 4 fully saturated rings. The van der Waals surface area contributed by atoms with E-state index in [1.165, 1.54) is 54.3 Å². The van der Waals surface area contributed by atoms with Crippen LogP contribution in [0.3, 0.4) is 0 Å². The predicted octanol–water partition coefficient (Wildman–Crippen LogP) is 11.9. The zero-order valence-electron chi connectivity index (χ0n) is 53.1. The van der Waals surface area contributed by atoms with Gasteiger partial charge in [-0.1, -0.05) is 68.5 Å². The summed E-state index contributed by atoms with van der Waals surface area (Å²) in [6.45, 7) is 14.7. The first-order valence-corrected chi connectivity index (χ1v) is 35.9. The van der Waals surface area contributed by atoms with Gasteiger partial charge in [-0.25, -0.2) is 18.1 Å². The number of aromatic nitrogens is 2. The fourth-order valence-electron chi connectivity index (χ4n) is 14.3. The van der Waals surface area contributed by atoms with Crippen LogP contribution < -0.4 is 25.0 Å². The van der Waals surface area contributed by atoms with Crippen molar-refractivity contribution in [2.24, 2.45) is 11.3 Å². The first kappa shape index (κ1) is 65.7. The SMILES string of the molecule is CC1(C)CCC(CN2CCN(c3ccc(C(=O)NS(=O)(=O)c4ccc(NCC5CCN(C6CCN(CCCCCCCSc7cccc8c7CN(C7CCC(=O)NC7=O)C8=O)CC6)CC5)c([N+](=O)[O-])c4)c(Oc4cnc5[nH]ccc5c4)c3)CC2)=C(c2ccc(Cl)cc2)C1. The number of piperazine rings is 1. The average molecular weight is 1320 g/mol. The van der Waals surface area contributed by atoms with Gasteiger partial charge in [-0.3, -0.25) is 39.5 Å². The number of benzene rings is 4. The maximum absolute atomic E-state index is 14.2. The number of sulfonamides is 1. The van der Waals surface area contributed by atoms with Gasteiger partial charge in [0.15, 0.2) is 0 Å². The topological polar surface area (TPSA) is 236 Å². The van der Waals surface area contributed by atoms with Crippen LogP contribution in [0.4, 0.5) is 17.1 Å². The smallest absolute Gasteiger partial charge is 0.293 e. The normalized spacial score (nSPS) is 19.7. The number of likely N-dealkylation sites (tertiary alicyclic amines) is 2. The van der Waals surface area contributed by atoms with Crippen molar-refractivity contribution < 1.29 is 37.3 Å². The molecular weight excluding hydrogens is 1240 g/mol. The number of allylic oxidation sites excluding steroid dienone is 1. The van der Waals surface area contributed by atoms with Crippen LogP contribution >= 0.6 is 23.4 Å². The van der Waals surface area contributed by atoms with Crippen molar-refractivity contribution in [3.8, 4) is 11.5 Å². The van der Waals surface area contributed by atoms with Crippen LogP contribution in [-0.2, 0) is 26.2 Å². The van der Waals surface area contributed by atoms with Gasteiger partial charge in [-0.15, -0.1) is 11.8 Å². The predicted molar refractivity (Wildman–Crippen MR) is 364 cm³/mol. The van der Waals surface area contributed by atoms with E-state index in [1.54, 1.807) is 47.1 Å². The number of fused-ring (bicyclic) bond motifs is 2. The maximum Gasteiger partial charge on any atom is 0.293 e. The summed E-state index contributed by atoms with van der Waals surface area (Å²) < 4.78 is 36.7. The second-order valence-electron chi connectivity index (χ2n) is 26.7. The molecule has 2 aromatic heterocycles. The molecule has 6 aliphatic rings. The Labute approximate surface area is 553 Å². The number of H-pyrrole nitrogens is 1. The molecule has 4 aromatic carbocycles. The van der Waals surface area contributed by atoms with Gasteiger partial charge in [0.05, 0.1) is 21.6 Å². The summed E-state index contributed by atoms with van der Waals surface area (Å²) >= 11 is 8.06. The first-order valence-electron chi connectivity index (χ1n) is 33.0. The number of aromatic amines is 1. The minimum Gasteiger partial charge on any atom is -0.455 e. The van der Waals surface area contributed by atoms with E-state index in [0.717, 1.165) is 149 Å². The lowest BCUT2D eigenvalue weighted by Crippen LogP contribution is -2.52. The molecule has 0 spiro atoms. The number of halogens is 1. The third kappa shape index (κ3) is 15.9. The van der Waals surface area contributed by atoms with Crippen LogP contribution in [0, 0.1) is 21.4 Å². The number of rotatable bonds is 24. The number of anilines is 2. The third-order valence-corrected chi connectivity index (χ3v) is 22.5. The molecule has 4 amide bonds. The molecule has 0 radical (unpaired) electrons. The van der Waals surface area contributed by atoms with Crippen molar-refractivity contribution >= 4 is 90.7 Å². The van der Waals surface area contributed by atoms with Crippen LogP contribution in [-0.4, -0.2) is 156 Å². The molecule has 20 nitrogen and oxygen atoms in total. The maximum atomic E-state index is 14.2. The van der Waals surface area contributed by atoms with Gasteiger partial charge in [-0.2, -0.15) is 0 Å². The number of hydrogen-bond acceptors (Lipinski definition) is 16. The number of nitrogens with one attached hydrogen (secondary N) is 4. The zero-order chi connectivity index (χ0) is 64.8. The molecule has 1 unspecified atom stereocenters. The number of imide groups is 1. The van der Waals surface area contributed by atoms with Gasteiger partial charge in [0.1, 0.15) is 28.9 Å². The van der Waals surface area contributed by atoms with E-state index >= 15 is 0 Å². The summed E-state index contributed by atoms with van der Waals surface area (Å²) in [4.78, 5) is 83.4. The summed E-state index contributed by atoms with van der Waals surface area (Å²) in [6, 6.07) is 26.4. The molecule has 12 rings (SSSR count). The Hall–Kier alpha value is -7.34. The van der Waals surface area contributed by atoms with Gasteiger partial charge >= 0.3 is 0 Å². The van der Waals surface area contributed by atoms with E-state index < -0.39 is 37.5 Å².